The number of rotatable bonds is 4. The maximum absolute atomic E-state index is 9.22. The quantitative estimate of drug-likeness (QED) is 0.411. The topological polar surface area (TPSA) is 23.8 Å². The molecule has 0 bridgehead atoms. The maximum Gasteiger partial charge on any atom is 0.0991 e. The number of nitrogens with zero attached hydrogens (tertiary/aromatic N) is 1. The second-order valence-electron chi connectivity index (χ2n) is 13.2. The Kier molecular flexibility index (Phi) is 10.6. The monoisotopic (exact) mass is 491 g/mol. The van der Waals surface area contributed by atoms with Gasteiger partial charge in [0.05, 0.1) is 11.6 Å². The molecule has 8 atom stereocenters. The fourth-order valence-corrected chi connectivity index (χ4v) is 9.23. The Bertz CT molecular complexity index is 850. The molecule has 0 radical (unpaired) electrons. The molecule has 0 aromatic heterocycles. The second-order valence-corrected chi connectivity index (χ2v) is 13.2. The summed E-state index contributed by atoms with van der Waals surface area (Å²) in [6.07, 6.45) is 18.6. The van der Waals surface area contributed by atoms with Crippen molar-refractivity contribution in [3.63, 3.8) is 0 Å². The van der Waals surface area contributed by atoms with E-state index in [4.69, 9.17) is 0 Å². The molecule has 0 aliphatic heterocycles. The first-order valence-electron chi connectivity index (χ1n) is 15.9. The van der Waals surface area contributed by atoms with Gasteiger partial charge in [0.2, 0.25) is 0 Å². The number of aryl methyl sites for hydroxylation is 1. The molecule has 0 spiro atoms. The van der Waals surface area contributed by atoms with Crippen molar-refractivity contribution in [1.82, 2.24) is 0 Å². The normalized spacial score (nSPS) is 38.6. The molecule has 0 heterocycles. The lowest BCUT2D eigenvalue weighted by molar-refractivity contribution is -0.0788. The molecule has 5 rings (SSSR count). The van der Waals surface area contributed by atoms with Gasteiger partial charge >= 0.3 is 0 Å². The van der Waals surface area contributed by atoms with Gasteiger partial charge in [0, 0.05) is 0 Å². The molecule has 1 aromatic rings. The van der Waals surface area contributed by atoms with E-state index in [1.165, 1.54) is 82.6 Å². The first-order valence-corrected chi connectivity index (χ1v) is 15.9. The zero-order valence-corrected chi connectivity index (χ0v) is 24.9. The average molecular weight is 492 g/mol. The standard InChI is InChI=1S/C30H43N.C3H8.C2H6/c1-4-29(2)16-14-25-23(19-29)9-12-27-26(25)15-17-30(3)24(11-13-28(27)30)10-8-21-6-5-7-22(18-21)20-31;1-3-2;1-2/h5-7,18,23-28H,4,8-17,19H2,1-3H3;3H2,1-2H3;1-2H3/t23?,24?,25?,26?,27?,28?,29-,30?;;/m0../s1. The minimum absolute atomic E-state index is 0.577. The van der Waals surface area contributed by atoms with E-state index in [2.05, 4.69) is 58.9 Å². The van der Waals surface area contributed by atoms with Gasteiger partial charge in [0.25, 0.3) is 0 Å². The van der Waals surface area contributed by atoms with Crippen LogP contribution in [0.25, 0.3) is 0 Å². The summed E-state index contributed by atoms with van der Waals surface area (Å²) in [6.45, 7) is 15.9. The van der Waals surface area contributed by atoms with Crippen LogP contribution in [0.2, 0.25) is 0 Å². The first-order chi connectivity index (χ1) is 17.4. The van der Waals surface area contributed by atoms with Crippen molar-refractivity contribution in [2.75, 3.05) is 0 Å². The lowest BCUT2D eigenvalue weighted by atomic mass is 9.48. The fraction of sp³-hybridized carbons (Fsp3) is 0.800. The summed E-state index contributed by atoms with van der Waals surface area (Å²) in [5.41, 5.74) is 3.39. The van der Waals surface area contributed by atoms with Crippen LogP contribution < -0.4 is 0 Å². The van der Waals surface area contributed by atoms with Gasteiger partial charge in [0.1, 0.15) is 0 Å². The molecular formula is C35H57N. The van der Waals surface area contributed by atoms with E-state index < -0.39 is 0 Å². The summed E-state index contributed by atoms with van der Waals surface area (Å²) in [5.74, 6) is 6.03. The number of benzene rings is 1. The Morgan fingerprint density at radius 1 is 0.889 bits per heavy atom. The van der Waals surface area contributed by atoms with Crippen molar-refractivity contribution in [3.8, 4) is 6.07 Å². The fourth-order valence-electron chi connectivity index (χ4n) is 9.23. The predicted molar refractivity (Wildman–Crippen MR) is 156 cm³/mol. The molecule has 1 nitrogen and oxygen atoms in total. The number of fused-ring (bicyclic) bond motifs is 5. The highest BCUT2D eigenvalue weighted by Gasteiger charge is 2.57. The van der Waals surface area contributed by atoms with E-state index in [1.54, 1.807) is 0 Å². The minimum Gasteiger partial charge on any atom is -0.192 e. The highest BCUT2D eigenvalue weighted by Crippen LogP contribution is 2.65. The largest absolute Gasteiger partial charge is 0.192 e. The summed E-state index contributed by atoms with van der Waals surface area (Å²) in [4.78, 5) is 0. The average Bonchev–Trinajstić information content (AvgIpc) is 3.25. The SMILES string of the molecule is CC.CCC.CC[C@@]1(C)CCC2C(CCC3C2CCC2(C)C(CCc4cccc(C#N)c4)CCC32)C1. The van der Waals surface area contributed by atoms with Gasteiger partial charge in [-0.15, -0.1) is 0 Å². The maximum atomic E-state index is 9.22. The molecule has 1 heteroatoms. The minimum atomic E-state index is 0.577. The van der Waals surface area contributed by atoms with Gasteiger partial charge in [-0.25, -0.2) is 0 Å². The highest BCUT2D eigenvalue weighted by molar-refractivity contribution is 5.32. The van der Waals surface area contributed by atoms with Crippen molar-refractivity contribution < 1.29 is 0 Å². The van der Waals surface area contributed by atoms with Crippen LogP contribution >= 0.6 is 0 Å². The molecule has 4 aliphatic rings. The third-order valence-corrected chi connectivity index (χ3v) is 11.2. The zero-order valence-electron chi connectivity index (χ0n) is 24.9. The molecule has 4 fully saturated rings. The van der Waals surface area contributed by atoms with E-state index in [0.717, 1.165) is 47.5 Å². The van der Waals surface area contributed by atoms with Gasteiger partial charge in [-0.05, 0) is 135 Å². The second kappa shape index (κ2) is 13.0. The van der Waals surface area contributed by atoms with Gasteiger partial charge < -0.3 is 0 Å². The molecule has 0 N–H and O–H groups in total. The molecule has 4 aliphatic carbocycles. The number of nitriles is 1. The Hall–Kier alpha value is -1.29. The first kappa shape index (κ1) is 29.3. The van der Waals surface area contributed by atoms with Crippen LogP contribution in [0, 0.1) is 57.7 Å². The molecule has 4 saturated carbocycles. The molecule has 0 amide bonds. The lowest BCUT2D eigenvalue weighted by Gasteiger charge is -2.57. The van der Waals surface area contributed by atoms with E-state index in [-0.39, 0.29) is 0 Å². The molecule has 7 unspecified atom stereocenters. The van der Waals surface area contributed by atoms with Crippen LogP contribution in [-0.4, -0.2) is 0 Å². The van der Waals surface area contributed by atoms with Crippen LogP contribution in [-0.2, 0) is 6.42 Å². The summed E-state index contributed by atoms with van der Waals surface area (Å²) < 4.78 is 0. The molecule has 0 saturated heterocycles. The smallest absolute Gasteiger partial charge is 0.0991 e. The van der Waals surface area contributed by atoms with E-state index in [1.807, 2.05) is 19.9 Å². The number of hydrogen-bond acceptors (Lipinski definition) is 1. The summed E-state index contributed by atoms with van der Waals surface area (Å²) in [6, 6.07) is 10.6. The van der Waals surface area contributed by atoms with Gasteiger partial charge in [0.15, 0.2) is 0 Å². The van der Waals surface area contributed by atoms with Crippen molar-refractivity contribution >= 4 is 0 Å². The Morgan fingerprint density at radius 2 is 1.61 bits per heavy atom. The van der Waals surface area contributed by atoms with E-state index >= 15 is 0 Å². The Balaban J connectivity index is 0.000000674. The van der Waals surface area contributed by atoms with Crippen molar-refractivity contribution in [1.29, 1.82) is 5.26 Å². The van der Waals surface area contributed by atoms with Gasteiger partial charge in [-0.2, -0.15) is 5.26 Å². The van der Waals surface area contributed by atoms with Gasteiger partial charge in [-0.3, -0.25) is 0 Å². The van der Waals surface area contributed by atoms with Crippen LogP contribution in [0.4, 0.5) is 0 Å². The van der Waals surface area contributed by atoms with Crippen molar-refractivity contribution in [2.45, 2.75) is 132 Å². The summed E-state index contributed by atoms with van der Waals surface area (Å²) >= 11 is 0. The number of hydrogen-bond donors (Lipinski definition) is 0. The third-order valence-electron chi connectivity index (χ3n) is 11.2. The Morgan fingerprint density at radius 3 is 2.31 bits per heavy atom. The third kappa shape index (κ3) is 6.05. The van der Waals surface area contributed by atoms with E-state index in [9.17, 15) is 5.26 Å². The van der Waals surface area contributed by atoms with Crippen molar-refractivity contribution in [3.05, 3.63) is 35.4 Å². The molecule has 1 aromatic carbocycles. The lowest BCUT2D eigenvalue weighted by Crippen LogP contribution is -2.49. The molecule has 202 valence electrons. The van der Waals surface area contributed by atoms with Gasteiger partial charge in [-0.1, -0.05) is 73.4 Å². The van der Waals surface area contributed by atoms with Crippen LogP contribution in [0.1, 0.15) is 137 Å². The predicted octanol–water partition coefficient (Wildman–Crippen LogP) is 10.6. The molecule has 36 heavy (non-hydrogen) atoms. The van der Waals surface area contributed by atoms with Crippen molar-refractivity contribution in [2.24, 2.45) is 46.3 Å². The highest BCUT2D eigenvalue weighted by atomic mass is 14.6. The Labute approximate surface area is 224 Å². The molecular weight excluding hydrogens is 434 g/mol. The summed E-state index contributed by atoms with van der Waals surface area (Å²) in [5, 5.41) is 9.22. The van der Waals surface area contributed by atoms with Crippen LogP contribution in [0.5, 0.6) is 0 Å². The zero-order chi connectivity index (χ0) is 26.3. The van der Waals surface area contributed by atoms with Crippen LogP contribution in [0.15, 0.2) is 24.3 Å². The van der Waals surface area contributed by atoms with Crippen LogP contribution in [0.3, 0.4) is 0 Å². The van der Waals surface area contributed by atoms with E-state index in [0.29, 0.717) is 10.8 Å². The summed E-state index contributed by atoms with van der Waals surface area (Å²) in [7, 11) is 0.